The van der Waals surface area contributed by atoms with E-state index in [-0.39, 0.29) is 25.0 Å². The van der Waals surface area contributed by atoms with Gasteiger partial charge < -0.3 is 14.9 Å². The molecule has 6 nitrogen and oxygen atoms in total. The highest BCUT2D eigenvalue weighted by Gasteiger charge is 2.31. The predicted molar refractivity (Wildman–Crippen MR) is 89.4 cm³/mol. The number of hydrogen-bond donors (Lipinski definition) is 2. The number of rotatable bonds is 8. The van der Waals surface area contributed by atoms with E-state index in [1.165, 1.54) is 0 Å². The standard InChI is InChI=1S/C17H20ClN3O3/c18-13-5-3-12(4-6-13)17-20-16(24-21-17)8-7-15(23)19-14(9-10-22)11-1-2-11/h3-6,11,14,22H,1-2,7-10H2,(H,19,23). The van der Waals surface area contributed by atoms with Gasteiger partial charge in [0.2, 0.25) is 17.6 Å². The molecule has 0 bridgehead atoms. The lowest BCUT2D eigenvalue weighted by molar-refractivity contribution is -0.122. The zero-order chi connectivity index (χ0) is 16.9. The molecule has 2 N–H and O–H groups in total. The molecule has 1 fully saturated rings. The number of aromatic nitrogens is 2. The molecule has 1 heterocycles. The summed E-state index contributed by atoms with van der Waals surface area (Å²) in [5.74, 6) is 1.38. The van der Waals surface area contributed by atoms with Crippen LogP contribution in [0.2, 0.25) is 5.02 Å². The van der Waals surface area contributed by atoms with Gasteiger partial charge in [0, 0.05) is 36.1 Å². The topological polar surface area (TPSA) is 88.2 Å². The van der Waals surface area contributed by atoms with Gasteiger partial charge in [-0.05, 0) is 49.4 Å². The van der Waals surface area contributed by atoms with Crippen LogP contribution in [0.15, 0.2) is 28.8 Å². The molecule has 1 saturated carbocycles. The summed E-state index contributed by atoms with van der Waals surface area (Å²) in [5, 5.41) is 16.6. The van der Waals surface area contributed by atoms with Crippen molar-refractivity contribution < 1.29 is 14.4 Å². The normalized spacial score (nSPS) is 15.2. The number of carbonyl (C=O) groups is 1. The van der Waals surface area contributed by atoms with Crippen LogP contribution in [0.3, 0.4) is 0 Å². The van der Waals surface area contributed by atoms with Gasteiger partial charge >= 0.3 is 0 Å². The largest absolute Gasteiger partial charge is 0.396 e. The van der Waals surface area contributed by atoms with Gasteiger partial charge in [-0.15, -0.1) is 0 Å². The van der Waals surface area contributed by atoms with Crippen molar-refractivity contribution in [1.82, 2.24) is 15.5 Å². The average molecular weight is 350 g/mol. The van der Waals surface area contributed by atoms with Crippen LogP contribution in [0.25, 0.3) is 11.4 Å². The number of hydrogen-bond acceptors (Lipinski definition) is 5. The van der Waals surface area contributed by atoms with Crippen LogP contribution >= 0.6 is 11.6 Å². The molecule has 0 radical (unpaired) electrons. The summed E-state index contributed by atoms with van der Waals surface area (Å²) in [6.07, 6.45) is 3.54. The maximum atomic E-state index is 12.1. The number of aliphatic hydroxyl groups excluding tert-OH is 1. The summed E-state index contributed by atoms with van der Waals surface area (Å²) in [4.78, 5) is 16.4. The monoisotopic (exact) mass is 349 g/mol. The van der Waals surface area contributed by atoms with E-state index in [2.05, 4.69) is 15.5 Å². The zero-order valence-corrected chi connectivity index (χ0v) is 14.0. The minimum absolute atomic E-state index is 0.0495. The van der Waals surface area contributed by atoms with Gasteiger partial charge in [0.15, 0.2) is 0 Å². The van der Waals surface area contributed by atoms with Crippen LogP contribution in [0.1, 0.15) is 31.6 Å². The van der Waals surface area contributed by atoms with E-state index in [4.69, 9.17) is 21.2 Å². The smallest absolute Gasteiger partial charge is 0.227 e. The minimum atomic E-state index is -0.0495. The highest BCUT2D eigenvalue weighted by Crippen LogP contribution is 2.33. The second kappa shape index (κ2) is 7.77. The molecule has 1 unspecified atom stereocenters. The van der Waals surface area contributed by atoms with Gasteiger partial charge in [-0.1, -0.05) is 16.8 Å². The van der Waals surface area contributed by atoms with E-state index in [0.29, 0.717) is 35.5 Å². The fraction of sp³-hybridized carbons (Fsp3) is 0.471. The molecular formula is C17H20ClN3O3. The third-order valence-corrected chi connectivity index (χ3v) is 4.37. The number of halogens is 1. The molecule has 0 aliphatic heterocycles. The quantitative estimate of drug-likeness (QED) is 0.764. The molecule has 128 valence electrons. The van der Waals surface area contributed by atoms with Crippen molar-refractivity contribution in [2.24, 2.45) is 5.92 Å². The number of nitrogens with zero attached hydrogens (tertiary/aromatic N) is 2. The molecule has 1 aromatic carbocycles. The first kappa shape index (κ1) is 16.9. The van der Waals surface area contributed by atoms with Crippen molar-refractivity contribution in [3.8, 4) is 11.4 Å². The number of nitrogens with one attached hydrogen (secondary N) is 1. The lowest BCUT2D eigenvalue weighted by Crippen LogP contribution is -2.37. The molecule has 24 heavy (non-hydrogen) atoms. The van der Waals surface area contributed by atoms with Gasteiger partial charge in [0.05, 0.1) is 0 Å². The molecule has 7 heteroatoms. The number of aryl methyl sites for hydroxylation is 1. The first-order valence-electron chi connectivity index (χ1n) is 8.14. The van der Waals surface area contributed by atoms with Crippen LogP contribution in [0, 0.1) is 5.92 Å². The summed E-state index contributed by atoms with van der Waals surface area (Å²) < 4.78 is 5.20. The van der Waals surface area contributed by atoms with E-state index in [1.54, 1.807) is 12.1 Å². The molecule has 3 rings (SSSR count). The Morgan fingerprint density at radius 1 is 1.38 bits per heavy atom. The Hall–Kier alpha value is -1.92. The zero-order valence-electron chi connectivity index (χ0n) is 13.2. The van der Waals surface area contributed by atoms with Crippen LogP contribution in [0.4, 0.5) is 0 Å². The van der Waals surface area contributed by atoms with Crippen LogP contribution in [-0.2, 0) is 11.2 Å². The molecule has 1 aliphatic carbocycles. The Morgan fingerprint density at radius 2 is 2.12 bits per heavy atom. The minimum Gasteiger partial charge on any atom is -0.396 e. The van der Waals surface area contributed by atoms with Gasteiger partial charge in [-0.25, -0.2) is 0 Å². The third-order valence-electron chi connectivity index (χ3n) is 4.11. The number of amides is 1. The summed E-state index contributed by atoms with van der Waals surface area (Å²) >= 11 is 5.86. The lowest BCUT2D eigenvalue weighted by atomic mass is 10.1. The molecule has 1 aromatic heterocycles. The SMILES string of the molecule is O=C(CCc1nc(-c2ccc(Cl)cc2)no1)NC(CCO)C1CC1. The Balaban J connectivity index is 1.51. The number of aliphatic hydroxyl groups is 1. The highest BCUT2D eigenvalue weighted by molar-refractivity contribution is 6.30. The van der Waals surface area contributed by atoms with Crippen molar-refractivity contribution in [2.75, 3.05) is 6.61 Å². The molecule has 2 aromatic rings. The summed E-state index contributed by atoms with van der Waals surface area (Å²) in [6, 6.07) is 7.24. The van der Waals surface area contributed by atoms with Crippen LogP contribution in [-0.4, -0.2) is 33.8 Å². The predicted octanol–water partition coefficient (Wildman–Crippen LogP) is 2.60. The maximum Gasteiger partial charge on any atom is 0.227 e. The highest BCUT2D eigenvalue weighted by atomic mass is 35.5. The lowest BCUT2D eigenvalue weighted by Gasteiger charge is -2.16. The third kappa shape index (κ3) is 4.55. The van der Waals surface area contributed by atoms with Gasteiger partial charge in [0.1, 0.15) is 0 Å². The first-order chi connectivity index (χ1) is 11.7. The summed E-state index contributed by atoms with van der Waals surface area (Å²) in [6.45, 7) is 0.0928. The van der Waals surface area contributed by atoms with Crippen molar-refractivity contribution in [2.45, 2.75) is 38.1 Å². The first-order valence-corrected chi connectivity index (χ1v) is 8.52. The molecule has 1 aliphatic rings. The Labute approximate surface area is 145 Å². The van der Waals surface area contributed by atoms with Crippen molar-refractivity contribution >= 4 is 17.5 Å². The molecule has 1 atom stereocenters. The van der Waals surface area contributed by atoms with Crippen LogP contribution < -0.4 is 5.32 Å². The molecular weight excluding hydrogens is 330 g/mol. The van der Waals surface area contributed by atoms with Gasteiger partial charge in [-0.3, -0.25) is 4.79 Å². The fourth-order valence-corrected chi connectivity index (χ4v) is 2.76. The second-order valence-electron chi connectivity index (χ2n) is 6.04. The Morgan fingerprint density at radius 3 is 2.79 bits per heavy atom. The van der Waals surface area contributed by atoms with E-state index >= 15 is 0 Å². The molecule has 0 saturated heterocycles. The Bertz CT molecular complexity index is 683. The summed E-state index contributed by atoms with van der Waals surface area (Å²) in [5.41, 5.74) is 0.815. The number of benzene rings is 1. The van der Waals surface area contributed by atoms with E-state index in [0.717, 1.165) is 18.4 Å². The van der Waals surface area contributed by atoms with Gasteiger partial charge in [-0.2, -0.15) is 4.98 Å². The average Bonchev–Trinajstić information content (AvgIpc) is 3.32. The maximum absolute atomic E-state index is 12.1. The molecule has 1 amide bonds. The van der Waals surface area contributed by atoms with Crippen molar-refractivity contribution in [3.05, 3.63) is 35.2 Å². The second-order valence-corrected chi connectivity index (χ2v) is 6.48. The van der Waals surface area contributed by atoms with Gasteiger partial charge in [0.25, 0.3) is 0 Å². The summed E-state index contributed by atoms with van der Waals surface area (Å²) in [7, 11) is 0. The van der Waals surface area contributed by atoms with Crippen molar-refractivity contribution in [3.63, 3.8) is 0 Å². The molecule has 0 spiro atoms. The van der Waals surface area contributed by atoms with E-state index in [1.807, 2.05) is 12.1 Å². The Kier molecular flexibility index (Phi) is 5.48. The van der Waals surface area contributed by atoms with Crippen molar-refractivity contribution in [1.29, 1.82) is 0 Å². The van der Waals surface area contributed by atoms with E-state index in [9.17, 15) is 4.79 Å². The fourth-order valence-electron chi connectivity index (χ4n) is 2.64. The van der Waals surface area contributed by atoms with Crippen LogP contribution in [0.5, 0.6) is 0 Å². The number of carbonyl (C=O) groups excluding carboxylic acids is 1. The van der Waals surface area contributed by atoms with E-state index < -0.39 is 0 Å².